The molecule has 6 nitrogen and oxygen atoms in total. The van der Waals surface area contributed by atoms with Gasteiger partial charge in [0.05, 0.1) is 15.5 Å². The Morgan fingerprint density at radius 1 is 0.862 bits per heavy atom. The molecular weight excluding hydrogens is 388 g/mol. The second kappa shape index (κ2) is 8.62. The van der Waals surface area contributed by atoms with E-state index in [0.29, 0.717) is 5.56 Å². The average molecular weight is 406 g/mol. The van der Waals surface area contributed by atoms with Crippen molar-refractivity contribution in [3.8, 4) is 0 Å². The van der Waals surface area contributed by atoms with Crippen molar-refractivity contribution in [1.82, 2.24) is 0 Å². The first kappa shape index (κ1) is 20.2. The van der Waals surface area contributed by atoms with Crippen LogP contribution < -0.4 is 0 Å². The SMILES string of the molecule is C/C(=C\C(=N\S(=O)(=O)c1ccc([N+](=O)[O-])cc1)c1ccccc1)c1ccccc1. The van der Waals surface area contributed by atoms with Crippen LogP contribution in [0.3, 0.4) is 0 Å². The van der Waals surface area contributed by atoms with Gasteiger partial charge in [-0.2, -0.15) is 12.8 Å². The summed E-state index contributed by atoms with van der Waals surface area (Å²) < 4.78 is 29.7. The second-order valence-electron chi connectivity index (χ2n) is 6.26. The Hall–Kier alpha value is -3.58. The second-order valence-corrected chi connectivity index (χ2v) is 7.87. The number of nitro groups is 1. The molecule has 0 aromatic heterocycles. The van der Waals surface area contributed by atoms with E-state index < -0.39 is 14.9 Å². The smallest absolute Gasteiger partial charge is 0.258 e. The molecular formula is C22H18N2O4S. The van der Waals surface area contributed by atoms with E-state index in [-0.39, 0.29) is 16.3 Å². The molecule has 0 radical (unpaired) electrons. The molecule has 7 heteroatoms. The zero-order valence-electron chi connectivity index (χ0n) is 15.6. The maximum Gasteiger partial charge on any atom is 0.282 e. The molecule has 3 rings (SSSR count). The predicted molar refractivity (Wildman–Crippen MR) is 113 cm³/mol. The highest BCUT2D eigenvalue weighted by Gasteiger charge is 2.16. The fourth-order valence-corrected chi connectivity index (χ4v) is 3.69. The fraction of sp³-hybridized carbons (Fsp3) is 0.0455. The van der Waals surface area contributed by atoms with Crippen molar-refractivity contribution >= 4 is 27.0 Å². The van der Waals surface area contributed by atoms with Crippen molar-refractivity contribution in [1.29, 1.82) is 0 Å². The van der Waals surface area contributed by atoms with E-state index in [4.69, 9.17) is 0 Å². The lowest BCUT2D eigenvalue weighted by Crippen LogP contribution is -2.05. The number of benzene rings is 3. The van der Waals surface area contributed by atoms with E-state index in [1.54, 1.807) is 30.3 Å². The first-order valence-corrected chi connectivity index (χ1v) is 10.2. The molecule has 29 heavy (non-hydrogen) atoms. The van der Waals surface area contributed by atoms with Gasteiger partial charge in [-0.05, 0) is 36.3 Å². The largest absolute Gasteiger partial charge is 0.282 e. The number of rotatable bonds is 6. The molecule has 0 unspecified atom stereocenters. The van der Waals surface area contributed by atoms with Crippen LogP contribution in [0.25, 0.3) is 5.57 Å². The Kier molecular flexibility index (Phi) is 5.99. The van der Waals surface area contributed by atoms with Crippen molar-refractivity contribution in [2.75, 3.05) is 0 Å². The molecule has 0 atom stereocenters. The minimum atomic E-state index is -4.06. The summed E-state index contributed by atoms with van der Waals surface area (Å²) in [7, 11) is -4.06. The van der Waals surface area contributed by atoms with Crippen LogP contribution >= 0.6 is 0 Å². The van der Waals surface area contributed by atoms with E-state index in [1.165, 1.54) is 12.1 Å². The van der Waals surface area contributed by atoms with Gasteiger partial charge >= 0.3 is 0 Å². The van der Waals surface area contributed by atoms with Gasteiger partial charge in [0.25, 0.3) is 15.7 Å². The van der Waals surface area contributed by atoms with Crippen LogP contribution in [0.4, 0.5) is 5.69 Å². The zero-order valence-corrected chi connectivity index (χ0v) is 16.4. The predicted octanol–water partition coefficient (Wildman–Crippen LogP) is 4.88. The minimum absolute atomic E-state index is 0.109. The summed E-state index contributed by atoms with van der Waals surface area (Å²) in [5, 5.41) is 10.8. The molecule has 0 saturated heterocycles. The van der Waals surface area contributed by atoms with Gasteiger partial charge in [-0.15, -0.1) is 0 Å². The highest BCUT2D eigenvalue weighted by atomic mass is 32.2. The molecule has 3 aromatic rings. The van der Waals surface area contributed by atoms with E-state index in [0.717, 1.165) is 23.3 Å². The summed E-state index contributed by atoms with van der Waals surface area (Å²) >= 11 is 0. The Morgan fingerprint density at radius 2 is 1.38 bits per heavy atom. The van der Waals surface area contributed by atoms with E-state index in [9.17, 15) is 18.5 Å². The van der Waals surface area contributed by atoms with Crippen molar-refractivity contribution in [2.24, 2.45) is 4.40 Å². The highest BCUT2D eigenvalue weighted by Crippen LogP contribution is 2.20. The normalized spacial score (nSPS) is 12.6. The molecule has 0 saturated carbocycles. The highest BCUT2D eigenvalue weighted by molar-refractivity contribution is 7.90. The van der Waals surface area contributed by atoms with Crippen LogP contribution in [0, 0.1) is 10.1 Å². The van der Waals surface area contributed by atoms with E-state index in [1.807, 2.05) is 43.3 Å². The lowest BCUT2D eigenvalue weighted by molar-refractivity contribution is -0.384. The van der Waals surface area contributed by atoms with Crippen LogP contribution in [-0.2, 0) is 10.0 Å². The first-order valence-electron chi connectivity index (χ1n) is 8.75. The van der Waals surface area contributed by atoms with Gasteiger partial charge in [0, 0.05) is 17.7 Å². The van der Waals surface area contributed by atoms with E-state index >= 15 is 0 Å². The lowest BCUT2D eigenvalue weighted by atomic mass is 10.0. The number of non-ortho nitro benzene ring substituents is 1. The van der Waals surface area contributed by atoms with Gasteiger partial charge in [-0.3, -0.25) is 10.1 Å². The molecule has 146 valence electrons. The Balaban J connectivity index is 2.08. The molecule has 0 N–H and O–H groups in total. The summed E-state index contributed by atoms with van der Waals surface area (Å²) in [6, 6.07) is 23.2. The fourth-order valence-electron chi connectivity index (χ4n) is 2.68. The molecule has 0 spiro atoms. The Morgan fingerprint density at radius 3 is 1.90 bits per heavy atom. The zero-order chi connectivity index (χ0) is 20.9. The Bertz CT molecular complexity index is 1170. The number of hydrogen-bond acceptors (Lipinski definition) is 4. The number of hydrogen-bond donors (Lipinski definition) is 0. The number of sulfonamides is 1. The lowest BCUT2D eigenvalue weighted by Gasteiger charge is -2.07. The summed E-state index contributed by atoms with van der Waals surface area (Å²) in [5.74, 6) is 0. The standard InChI is InChI=1S/C22H18N2O4S/c1-17(18-8-4-2-5-9-18)16-22(19-10-6-3-7-11-19)23-29(27,28)21-14-12-20(13-15-21)24(25)26/h2-16H,1H3/b17-16+,23-22-. The van der Waals surface area contributed by atoms with E-state index in [2.05, 4.69) is 4.40 Å². The topological polar surface area (TPSA) is 89.6 Å². The maximum absolute atomic E-state index is 12.8. The van der Waals surface area contributed by atoms with Gasteiger partial charge in [0.2, 0.25) is 0 Å². The Labute approximate surface area is 169 Å². The molecule has 0 aliphatic rings. The number of nitrogens with zero attached hydrogens (tertiary/aromatic N) is 2. The first-order chi connectivity index (χ1) is 13.9. The molecule has 0 fully saturated rings. The molecule has 0 bridgehead atoms. The average Bonchev–Trinajstić information content (AvgIpc) is 2.74. The van der Waals surface area contributed by atoms with Gasteiger partial charge in [-0.25, -0.2) is 0 Å². The van der Waals surface area contributed by atoms with Crippen molar-refractivity contribution in [2.45, 2.75) is 11.8 Å². The van der Waals surface area contributed by atoms with Crippen molar-refractivity contribution in [3.63, 3.8) is 0 Å². The summed E-state index contributed by atoms with van der Waals surface area (Å²) in [6.45, 7) is 1.88. The third-order valence-electron chi connectivity index (χ3n) is 4.22. The summed E-state index contributed by atoms with van der Waals surface area (Å²) in [4.78, 5) is 10.1. The minimum Gasteiger partial charge on any atom is -0.258 e. The summed E-state index contributed by atoms with van der Waals surface area (Å²) in [6.07, 6.45) is 1.72. The molecule has 0 aliphatic heterocycles. The monoisotopic (exact) mass is 406 g/mol. The maximum atomic E-state index is 12.8. The molecule has 0 heterocycles. The van der Waals surface area contributed by atoms with Crippen LogP contribution in [0.1, 0.15) is 18.1 Å². The number of nitro benzene ring substituents is 1. The van der Waals surface area contributed by atoms with Crippen molar-refractivity contribution in [3.05, 3.63) is 112 Å². The van der Waals surface area contributed by atoms with Gasteiger partial charge < -0.3 is 0 Å². The third kappa shape index (κ3) is 5.03. The molecule has 3 aromatic carbocycles. The van der Waals surface area contributed by atoms with Gasteiger partial charge in [0.1, 0.15) is 0 Å². The number of allylic oxidation sites excluding steroid dienone is 2. The van der Waals surface area contributed by atoms with Crippen LogP contribution in [0.5, 0.6) is 0 Å². The van der Waals surface area contributed by atoms with Gasteiger partial charge in [-0.1, -0.05) is 60.7 Å². The third-order valence-corrected chi connectivity index (χ3v) is 5.52. The van der Waals surface area contributed by atoms with Crippen molar-refractivity contribution < 1.29 is 13.3 Å². The molecule has 0 aliphatic carbocycles. The quantitative estimate of drug-likeness (QED) is 0.332. The van der Waals surface area contributed by atoms with Crippen LogP contribution in [0.15, 0.2) is 100 Å². The summed E-state index contributed by atoms with van der Waals surface area (Å²) in [5.41, 5.74) is 2.55. The van der Waals surface area contributed by atoms with Crippen LogP contribution in [-0.4, -0.2) is 19.1 Å². The van der Waals surface area contributed by atoms with Crippen LogP contribution in [0.2, 0.25) is 0 Å². The van der Waals surface area contributed by atoms with Gasteiger partial charge in [0.15, 0.2) is 0 Å². The molecule has 0 amide bonds.